The van der Waals surface area contributed by atoms with E-state index in [1.54, 1.807) is 13.2 Å². The number of carbonyl (C=O) groups is 1. The first-order chi connectivity index (χ1) is 15.2. The molecule has 3 aliphatic heterocycles. The number of nitrogens with zero attached hydrogens (tertiary/aromatic N) is 4. The van der Waals surface area contributed by atoms with Crippen molar-refractivity contribution in [2.75, 3.05) is 39.9 Å². The molecule has 0 aliphatic carbocycles. The van der Waals surface area contributed by atoms with Crippen LogP contribution in [0.4, 0.5) is 0 Å². The van der Waals surface area contributed by atoms with Crippen molar-refractivity contribution in [3.8, 4) is 0 Å². The molecule has 5 rings (SSSR count). The highest BCUT2D eigenvalue weighted by Crippen LogP contribution is 2.42. The zero-order valence-corrected chi connectivity index (χ0v) is 18.1. The fourth-order valence-electron chi connectivity index (χ4n) is 5.89. The summed E-state index contributed by atoms with van der Waals surface area (Å²) in [6, 6.07) is 5.16. The molecule has 2 aromatic rings. The standard InChI is InChI=1S/C23H31N5O3/c1-31-15-19-4-3-8-27(19)23(30)22-18-10-17(20-5-2-6-21(29)28(20)22)13-26(14-18)9-7-16-11-24-25-12-16/h2,5-6,11-12,17-19,22H,3-4,7-10,13-15H2,1H3,(H,24,25)/t17-,18+,19+,22-/m1/s1. The molecule has 2 bridgehead atoms. The number of carbonyl (C=O) groups excluding carboxylic acids is 1. The molecule has 0 radical (unpaired) electrons. The largest absolute Gasteiger partial charge is 0.383 e. The topological polar surface area (TPSA) is 83.5 Å². The van der Waals surface area contributed by atoms with Crippen molar-refractivity contribution in [2.45, 2.75) is 43.7 Å². The van der Waals surface area contributed by atoms with Crippen molar-refractivity contribution >= 4 is 5.91 Å². The smallest absolute Gasteiger partial charge is 0.251 e. The van der Waals surface area contributed by atoms with Crippen LogP contribution in [0.15, 0.2) is 35.4 Å². The Labute approximate surface area is 182 Å². The Balaban J connectivity index is 1.43. The molecule has 2 saturated heterocycles. The maximum absolute atomic E-state index is 13.8. The van der Waals surface area contributed by atoms with Gasteiger partial charge >= 0.3 is 0 Å². The lowest BCUT2D eigenvalue weighted by molar-refractivity contribution is -0.140. The SMILES string of the molecule is COC[C@@H]1CCCN1C(=O)[C@H]1[C@H]2C[C@H](CN(CCc3cn[nH]c3)C2)c2cccc(=O)n21. The first kappa shape index (κ1) is 20.5. The minimum absolute atomic E-state index is 0.0557. The van der Waals surface area contributed by atoms with Crippen LogP contribution in [0.1, 0.15) is 42.5 Å². The van der Waals surface area contributed by atoms with Gasteiger partial charge in [0.15, 0.2) is 0 Å². The summed E-state index contributed by atoms with van der Waals surface area (Å²) in [5, 5.41) is 6.92. The van der Waals surface area contributed by atoms with Crippen LogP contribution in [0.5, 0.6) is 0 Å². The lowest BCUT2D eigenvalue weighted by Crippen LogP contribution is -2.55. The second-order valence-electron chi connectivity index (χ2n) is 9.20. The summed E-state index contributed by atoms with van der Waals surface area (Å²) in [6.07, 6.45) is 7.66. The quantitative estimate of drug-likeness (QED) is 0.757. The number of likely N-dealkylation sites (tertiary alicyclic amines) is 2. The molecule has 166 valence electrons. The molecule has 4 atom stereocenters. The summed E-state index contributed by atoms with van der Waals surface area (Å²) in [5.41, 5.74) is 2.15. The fraction of sp³-hybridized carbons (Fsp3) is 0.609. The minimum Gasteiger partial charge on any atom is -0.383 e. The van der Waals surface area contributed by atoms with Gasteiger partial charge in [0.25, 0.3) is 5.56 Å². The maximum Gasteiger partial charge on any atom is 0.251 e. The van der Waals surface area contributed by atoms with Gasteiger partial charge in [0, 0.05) is 63.1 Å². The van der Waals surface area contributed by atoms with Crippen LogP contribution in [-0.4, -0.2) is 76.4 Å². The molecule has 0 saturated carbocycles. The number of amides is 1. The number of aromatic nitrogens is 3. The van der Waals surface area contributed by atoms with Crippen molar-refractivity contribution in [1.29, 1.82) is 0 Å². The van der Waals surface area contributed by atoms with E-state index >= 15 is 0 Å². The highest BCUT2D eigenvalue weighted by molar-refractivity contribution is 5.82. The van der Waals surface area contributed by atoms with Crippen molar-refractivity contribution < 1.29 is 9.53 Å². The van der Waals surface area contributed by atoms with Crippen molar-refractivity contribution in [3.63, 3.8) is 0 Å². The van der Waals surface area contributed by atoms with Crippen LogP contribution in [0, 0.1) is 5.92 Å². The van der Waals surface area contributed by atoms with Gasteiger partial charge in [-0.25, -0.2) is 0 Å². The summed E-state index contributed by atoms with van der Waals surface area (Å²) in [7, 11) is 1.69. The predicted molar refractivity (Wildman–Crippen MR) is 116 cm³/mol. The zero-order chi connectivity index (χ0) is 21.4. The van der Waals surface area contributed by atoms with Crippen molar-refractivity contribution in [3.05, 3.63) is 52.2 Å². The highest BCUT2D eigenvalue weighted by atomic mass is 16.5. The average molecular weight is 426 g/mol. The van der Waals surface area contributed by atoms with Crippen LogP contribution >= 0.6 is 0 Å². The Bertz CT molecular complexity index is 972. The molecule has 0 unspecified atom stereocenters. The van der Waals surface area contributed by atoms with Crippen molar-refractivity contribution in [1.82, 2.24) is 24.6 Å². The third-order valence-electron chi connectivity index (χ3n) is 7.27. The molecule has 3 aliphatic rings. The molecule has 1 N–H and O–H groups in total. The van der Waals surface area contributed by atoms with Crippen LogP contribution in [-0.2, 0) is 16.0 Å². The lowest BCUT2D eigenvalue weighted by atomic mass is 9.77. The van der Waals surface area contributed by atoms with E-state index < -0.39 is 6.04 Å². The fourth-order valence-corrected chi connectivity index (χ4v) is 5.89. The molecule has 0 aromatic carbocycles. The Hall–Kier alpha value is -2.45. The van der Waals surface area contributed by atoms with Gasteiger partial charge in [0.1, 0.15) is 6.04 Å². The molecular formula is C23H31N5O3. The lowest BCUT2D eigenvalue weighted by Gasteiger charge is -2.47. The molecular weight excluding hydrogens is 394 g/mol. The number of ether oxygens (including phenoxy) is 1. The van der Waals surface area contributed by atoms with E-state index in [4.69, 9.17) is 4.74 Å². The van der Waals surface area contributed by atoms with E-state index in [-0.39, 0.29) is 29.3 Å². The van der Waals surface area contributed by atoms with Gasteiger partial charge in [-0.3, -0.25) is 19.3 Å². The van der Waals surface area contributed by atoms with Gasteiger partial charge < -0.3 is 14.5 Å². The molecule has 2 aromatic heterocycles. The average Bonchev–Trinajstić information content (AvgIpc) is 3.45. The molecule has 2 fully saturated rings. The number of hydrogen-bond donors (Lipinski definition) is 1. The van der Waals surface area contributed by atoms with E-state index in [9.17, 15) is 9.59 Å². The number of piperidine rings is 1. The van der Waals surface area contributed by atoms with Gasteiger partial charge in [-0.1, -0.05) is 6.07 Å². The molecule has 1 amide bonds. The molecule has 8 nitrogen and oxygen atoms in total. The maximum atomic E-state index is 13.8. The highest BCUT2D eigenvalue weighted by Gasteiger charge is 2.46. The summed E-state index contributed by atoms with van der Waals surface area (Å²) in [4.78, 5) is 31.2. The summed E-state index contributed by atoms with van der Waals surface area (Å²) in [6.45, 7) is 4.00. The molecule has 31 heavy (non-hydrogen) atoms. The van der Waals surface area contributed by atoms with Gasteiger partial charge in [-0.2, -0.15) is 5.10 Å². The molecule has 0 spiro atoms. The van der Waals surface area contributed by atoms with Gasteiger partial charge in [-0.05, 0) is 37.3 Å². The first-order valence-corrected chi connectivity index (χ1v) is 11.4. The number of pyridine rings is 1. The second kappa shape index (κ2) is 8.59. The first-order valence-electron chi connectivity index (χ1n) is 11.4. The van der Waals surface area contributed by atoms with Crippen molar-refractivity contribution in [2.24, 2.45) is 5.92 Å². The predicted octanol–water partition coefficient (Wildman–Crippen LogP) is 1.41. The third-order valence-corrected chi connectivity index (χ3v) is 7.27. The Morgan fingerprint density at radius 3 is 3.03 bits per heavy atom. The van der Waals surface area contributed by atoms with Gasteiger partial charge in [0.05, 0.1) is 18.8 Å². The normalized spacial score (nSPS) is 28.0. The number of H-pyrrole nitrogens is 1. The van der Waals surface area contributed by atoms with Crippen LogP contribution < -0.4 is 5.56 Å². The number of aromatic amines is 1. The molecule has 8 heteroatoms. The van der Waals surface area contributed by atoms with Gasteiger partial charge in [0.2, 0.25) is 5.91 Å². The number of hydrogen-bond acceptors (Lipinski definition) is 5. The molecule has 5 heterocycles. The Morgan fingerprint density at radius 1 is 1.32 bits per heavy atom. The minimum atomic E-state index is -0.422. The van der Waals surface area contributed by atoms with E-state index in [1.165, 1.54) is 5.56 Å². The second-order valence-corrected chi connectivity index (χ2v) is 9.20. The van der Waals surface area contributed by atoms with Crippen LogP contribution in [0.2, 0.25) is 0 Å². The van der Waals surface area contributed by atoms with E-state index in [1.807, 2.05) is 34.0 Å². The number of rotatable bonds is 6. The van der Waals surface area contributed by atoms with E-state index in [2.05, 4.69) is 15.1 Å². The number of methoxy groups -OCH3 is 1. The summed E-state index contributed by atoms with van der Waals surface area (Å²) in [5.74, 6) is 0.524. The van der Waals surface area contributed by atoms with Crippen LogP contribution in [0.3, 0.4) is 0 Å². The van der Waals surface area contributed by atoms with E-state index in [0.717, 1.165) is 57.6 Å². The summed E-state index contributed by atoms with van der Waals surface area (Å²) < 4.78 is 7.19. The number of nitrogens with one attached hydrogen (secondary N) is 1. The Kier molecular flexibility index (Phi) is 5.67. The number of fused-ring (bicyclic) bond motifs is 4. The third kappa shape index (κ3) is 3.83. The Morgan fingerprint density at radius 2 is 2.23 bits per heavy atom. The van der Waals surface area contributed by atoms with Crippen LogP contribution in [0.25, 0.3) is 0 Å². The summed E-state index contributed by atoms with van der Waals surface area (Å²) >= 11 is 0. The monoisotopic (exact) mass is 425 g/mol. The van der Waals surface area contributed by atoms with E-state index in [0.29, 0.717) is 6.61 Å². The zero-order valence-electron chi connectivity index (χ0n) is 18.1. The van der Waals surface area contributed by atoms with Gasteiger partial charge in [-0.15, -0.1) is 0 Å².